The van der Waals surface area contributed by atoms with Crippen LogP contribution in [0.4, 0.5) is 5.69 Å². The van der Waals surface area contributed by atoms with Gasteiger partial charge in [-0.1, -0.05) is 65.7 Å². The average Bonchev–Trinajstić information content (AvgIpc) is 2.65. The second-order valence-electron chi connectivity index (χ2n) is 5.73. The van der Waals surface area contributed by atoms with Gasteiger partial charge in [-0.2, -0.15) is 0 Å². The minimum Gasteiger partial charge on any atom is -0.493 e. The van der Waals surface area contributed by atoms with Gasteiger partial charge < -0.3 is 14.8 Å². The van der Waals surface area contributed by atoms with E-state index in [4.69, 9.17) is 32.7 Å². The molecule has 3 rings (SSSR count). The number of hydrogen-bond acceptors (Lipinski definition) is 3. The molecule has 0 saturated carbocycles. The summed E-state index contributed by atoms with van der Waals surface area (Å²) in [5, 5.41) is 4.51. The lowest BCUT2D eigenvalue weighted by molar-refractivity contribution is 0.281. The van der Waals surface area contributed by atoms with Gasteiger partial charge in [0.2, 0.25) is 0 Å². The Morgan fingerprint density at radius 3 is 2.31 bits per heavy atom. The minimum atomic E-state index is 0.469. The molecule has 0 fully saturated rings. The highest BCUT2D eigenvalue weighted by atomic mass is 35.5. The highest BCUT2D eigenvalue weighted by Gasteiger charge is 2.11. The lowest BCUT2D eigenvalue weighted by Crippen LogP contribution is -2.05. The topological polar surface area (TPSA) is 30.5 Å². The molecule has 0 radical (unpaired) electrons. The smallest absolute Gasteiger partial charge is 0.166 e. The van der Waals surface area contributed by atoms with Gasteiger partial charge in [-0.15, -0.1) is 0 Å². The largest absolute Gasteiger partial charge is 0.493 e. The first kappa shape index (κ1) is 18.4. The molecule has 3 aromatic rings. The van der Waals surface area contributed by atoms with Gasteiger partial charge in [0.1, 0.15) is 6.61 Å². The molecule has 0 aliphatic heterocycles. The molecule has 3 nitrogen and oxygen atoms in total. The lowest BCUT2D eigenvalue weighted by atomic mass is 10.1. The van der Waals surface area contributed by atoms with Crippen molar-refractivity contribution in [2.45, 2.75) is 13.2 Å². The van der Waals surface area contributed by atoms with Crippen LogP contribution in [-0.2, 0) is 13.2 Å². The fraction of sp³-hybridized carbons (Fsp3) is 0.143. The molecular weight excluding hydrogens is 369 g/mol. The molecule has 26 heavy (non-hydrogen) atoms. The maximum Gasteiger partial charge on any atom is 0.166 e. The second-order valence-corrected chi connectivity index (χ2v) is 6.61. The van der Waals surface area contributed by atoms with Crippen molar-refractivity contribution in [3.8, 4) is 11.5 Å². The molecule has 0 spiro atoms. The van der Waals surface area contributed by atoms with Gasteiger partial charge in [0, 0.05) is 27.8 Å². The maximum atomic E-state index is 6.06. The number of nitrogens with one attached hydrogen (secondary N) is 1. The third-order valence-electron chi connectivity index (χ3n) is 3.85. The second kappa shape index (κ2) is 8.84. The SMILES string of the molecule is COc1cccc(CNc2cc(Cl)cc(Cl)c2)c1OCc1ccccc1. The van der Waals surface area contributed by atoms with Gasteiger partial charge >= 0.3 is 0 Å². The molecule has 0 aliphatic carbocycles. The molecule has 0 amide bonds. The first-order valence-corrected chi connectivity index (χ1v) is 8.94. The Morgan fingerprint density at radius 2 is 1.62 bits per heavy atom. The molecular formula is C21H19Cl2NO2. The van der Waals surface area contributed by atoms with Crippen LogP contribution >= 0.6 is 23.2 Å². The molecule has 0 heterocycles. The highest BCUT2D eigenvalue weighted by Crippen LogP contribution is 2.33. The molecule has 134 valence electrons. The van der Waals surface area contributed by atoms with Crippen molar-refractivity contribution >= 4 is 28.9 Å². The third kappa shape index (κ3) is 4.84. The monoisotopic (exact) mass is 387 g/mol. The number of halogens is 2. The standard InChI is InChI=1S/C21H19Cl2NO2/c1-25-20-9-5-8-16(13-24-19-11-17(22)10-18(23)12-19)21(20)26-14-15-6-3-2-4-7-15/h2-12,24H,13-14H2,1H3. The fourth-order valence-electron chi connectivity index (χ4n) is 2.61. The van der Waals surface area contributed by atoms with Crippen molar-refractivity contribution in [2.75, 3.05) is 12.4 Å². The van der Waals surface area contributed by atoms with E-state index < -0.39 is 0 Å². The Labute approximate surface area is 163 Å². The number of hydrogen-bond donors (Lipinski definition) is 1. The van der Waals surface area contributed by atoms with Crippen LogP contribution in [0.15, 0.2) is 66.7 Å². The van der Waals surface area contributed by atoms with Crippen LogP contribution in [0.1, 0.15) is 11.1 Å². The summed E-state index contributed by atoms with van der Waals surface area (Å²) >= 11 is 12.1. The number of benzene rings is 3. The molecule has 0 atom stereocenters. The van der Waals surface area contributed by atoms with Crippen LogP contribution in [0.3, 0.4) is 0 Å². The van der Waals surface area contributed by atoms with Crippen LogP contribution in [-0.4, -0.2) is 7.11 Å². The summed E-state index contributed by atoms with van der Waals surface area (Å²) < 4.78 is 11.5. The Hall–Kier alpha value is -2.36. The summed E-state index contributed by atoms with van der Waals surface area (Å²) in [7, 11) is 1.64. The minimum absolute atomic E-state index is 0.469. The van der Waals surface area contributed by atoms with E-state index in [1.54, 1.807) is 13.2 Å². The molecule has 0 unspecified atom stereocenters. The number of rotatable bonds is 7. The Kier molecular flexibility index (Phi) is 6.26. The Balaban J connectivity index is 1.77. The average molecular weight is 388 g/mol. The van der Waals surface area contributed by atoms with Crippen LogP contribution < -0.4 is 14.8 Å². The van der Waals surface area contributed by atoms with Crippen LogP contribution in [0, 0.1) is 0 Å². The fourth-order valence-corrected chi connectivity index (χ4v) is 3.13. The van der Waals surface area contributed by atoms with Gasteiger partial charge in [-0.25, -0.2) is 0 Å². The maximum absolute atomic E-state index is 6.06. The molecule has 0 aliphatic rings. The van der Waals surface area contributed by atoms with E-state index in [-0.39, 0.29) is 0 Å². The van der Waals surface area contributed by atoms with E-state index in [0.29, 0.717) is 28.9 Å². The molecule has 0 saturated heterocycles. The first-order chi connectivity index (χ1) is 12.7. The predicted molar refractivity (Wildman–Crippen MR) is 108 cm³/mol. The summed E-state index contributed by atoms with van der Waals surface area (Å²) in [6, 6.07) is 21.2. The zero-order valence-corrected chi connectivity index (χ0v) is 15.8. The number of ether oxygens (including phenoxy) is 2. The van der Waals surface area contributed by atoms with E-state index in [2.05, 4.69) is 5.32 Å². The third-order valence-corrected chi connectivity index (χ3v) is 4.29. The van der Waals surface area contributed by atoms with Crippen molar-refractivity contribution in [2.24, 2.45) is 0 Å². The van der Waals surface area contributed by atoms with Crippen LogP contribution in [0.2, 0.25) is 10.0 Å². The van der Waals surface area contributed by atoms with E-state index in [1.165, 1.54) is 0 Å². The molecule has 0 bridgehead atoms. The van der Waals surface area contributed by atoms with Crippen molar-refractivity contribution in [3.05, 3.63) is 87.9 Å². The number of anilines is 1. The Morgan fingerprint density at radius 1 is 0.885 bits per heavy atom. The van der Waals surface area contributed by atoms with Gasteiger partial charge in [-0.05, 0) is 29.8 Å². The van der Waals surface area contributed by atoms with Crippen LogP contribution in [0.5, 0.6) is 11.5 Å². The van der Waals surface area contributed by atoms with Crippen molar-refractivity contribution < 1.29 is 9.47 Å². The molecule has 0 aromatic heterocycles. The summed E-state index contributed by atoms with van der Waals surface area (Å²) in [5.74, 6) is 1.42. The lowest BCUT2D eigenvalue weighted by Gasteiger charge is -2.16. The summed E-state index contributed by atoms with van der Waals surface area (Å²) in [4.78, 5) is 0. The quantitative estimate of drug-likeness (QED) is 0.523. The molecule has 5 heteroatoms. The first-order valence-electron chi connectivity index (χ1n) is 8.18. The van der Waals surface area contributed by atoms with Crippen molar-refractivity contribution in [1.82, 2.24) is 0 Å². The van der Waals surface area contributed by atoms with Gasteiger partial charge in [-0.3, -0.25) is 0 Å². The normalized spacial score (nSPS) is 10.4. The Bertz CT molecular complexity index is 849. The zero-order chi connectivity index (χ0) is 18.4. The van der Waals surface area contributed by atoms with E-state index in [0.717, 1.165) is 22.6 Å². The molecule has 3 aromatic carbocycles. The summed E-state index contributed by atoms with van der Waals surface area (Å²) in [6.45, 7) is 1.02. The van der Waals surface area contributed by atoms with E-state index in [1.807, 2.05) is 60.7 Å². The van der Waals surface area contributed by atoms with Gasteiger partial charge in [0.15, 0.2) is 11.5 Å². The number of methoxy groups -OCH3 is 1. The van der Waals surface area contributed by atoms with Gasteiger partial charge in [0.05, 0.1) is 7.11 Å². The van der Waals surface area contributed by atoms with Gasteiger partial charge in [0.25, 0.3) is 0 Å². The van der Waals surface area contributed by atoms with Crippen molar-refractivity contribution in [1.29, 1.82) is 0 Å². The van der Waals surface area contributed by atoms with E-state index >= 15 is 0 Å². The van der Waals surface area contributed by atoms with E-state index in [9.17, 15) is 0 Å². The number of para-hydroxylation sites is 1. The molecule has 1 N–H and O–H groups in total. The van der Waals surface area contributed by atoms with Crippen LogP contribution in [0.25, 0.3) is 0 Å². The summed E-state index contributed by atoms with van der Waals surface area (Å²) in [6.07, 6.45) is 0. The zero-order valence-electron chi connectivity index (χ0n) is 14.3. The predicted octanol–water partition coefficient (Wildman–Crippen LogP) is 6.19. The van der Waals surface area contributed by atoms with Crippen molar-refractivity contribution in [3.63, 3.8) is 0 Å². The highest BCUT2D eigenvalue weighted by molar-refractivity contribution is 6.35. The summed E-state index contributed by atoms with van der Waals surface area (Å²) in [5.41, 5.74) is 2.93.